The molecule has 1 unspecified atom stereocenters. The summed E-state index contributed by atoms with van der Waals surface area (Å²) in [5.41, 5.74) is 0.730. The number of ether oxygens (including phenoxy) is 3. The van der Waals surface area contributed by atoms with Gasteiger partial charge in [0.1, 0.15) is 18.1 Å². The molecule has 0 saturated carbocycles. The van der Waals surface area contributed by atoms with Crippen LogP contribution in [0.15, 0.2) is 18.2 Å². The zero-order valence-corrected chi connectivity index (χ0v) is 14.2. The monoisotopic (exact) mass is 321 g/mol. The van der Waals surface area contributed by atoms with Gasteiger partial charge in [0.25, 0.3) is 0 Å². The van der Waals surface area contributed by atoms with Gasteiger partial charge in [-0.2, -0.15) is 0 Å². The number of hydrogen-bond donors (Lipinski definition) is 0. The van der Waals surface area contributed by atoms with Gasteiger partial charge in [-0.05, 0) is 30.5 Å². The van der Waals surface area contributed by atoms with Crippen LogP contribution in [0.5, 0.6) is 11.5 Å². The number of benzene rings is 1. The average molecular weight is 321 g/mol. The number of amides is 2. The van der Waals surface area contributed by atoms with E-state index < -0.39 is 12.0 Å². The van der Waals surface area contributed by atoms with Gasteiger partial charge in [0.15, 0.2) is 0 Å². The van der Waals surface area contributed by atoms with E-state index in [0.717, 1.165) is 5.56 Å². The Kier molecular flexibility index (Phi) is 5.13. The van der Waals surface area contributed by atoms with Crippen molar-refractivity contribution in [2.45, 2.75) is 32.7 Å². The molecule has 1 aliphatic rings. The van der Waals surface area contributed by atoms with Gasteiger partial charge in [0.05, 0.1) is 26.2 Å². The predicted octanol–water partition coefficient (Wildman–Crippen LogP) is 2.81. The lowest BCUT2D eigenvalue weighted by molar-refractivity contribution is -0.131. The number of methoxy groups -OCH3 is 2. The van der Waals surface area contributed by atoms with E-state index in [0.29, 0.717) is 11.5 Å². The molecule has 2 amide bonds. The van der Waals surface area contributed by atoms with Crippen LogP contribution in [-0.2, 0) is 9.53 Å². The van der Waals surface area contributed by atoms with Crippen LogP contribution in [-0.4, -0.2) is 43.8 Å². The molecule has 2 atom stereocenters. The van der Waals surface area contributed by atoms with Gasteiger partial charge in [0.2, 0.25) is 5.91 Å². The smallest absolute Gasteiger partial charge is 0.417 e. The van der Waals surface area contributed by atoms with Crippen molar-refractivity contribution in [1.29, 1.82) is 0 Å². The van der Waals surface area contributed by atoms with Crippen molar-refractivity contribution in [3.8, 4) is 11.5 Å². The molecule has 126 valence electrons. The number of hydrogen-bond acceptors (Lipinski definition) is 5. The summed E-state index contributed by atoms with van der Waals surface area (Å²) in [6, 6.07) is 5.06. The van der Waals surface area contributed by atoms with Crippen LogP contribution in [0.3, 0.4) is 0 Å². The highest BCUT2D eigenvalue weighted by molar-refractivity contribution is 5.97. The zero-order valence-electron chi connectivity index (χ0n) is 14.2. The van der Waals surface area contributed by atoms with Crippen LogP contribution < -0.4 is 9.47 Å². The Morgan fingerprint density at radius 3 is 2.22 bits per heavy atom. The fraction of sp³-hybridized carbons (Fsp3) is 0.529. The standard InChI is InChI=1S/C17H23NO5/c1-10(2)15-9-23-17(20)18(15)16(19)11(3)12-6-13(21-4)8-14(7-12)22-5/h6-8,10-11,15H,9H2,1-5H3/t11?,15-/m1/s1. The maximum absolute atomic E-state index is 12.8. The second-order valence-electron chi connectivity index (χ2n) is 5.96. The third-order valence-electron chi connectivity index (χ3n) is 4.16. The van der Waals surface area contributed by atoms with E-state index in [-0.39, 0.29) is 24.5 Å². The van der Waals surface area contributed by atoms with Gasteiger partial charge < -0.3 is 14.2 Å². The van der Waals surface area contributed by atoms with E-state index in [2.05, 4.69) is 0 Å². The molecule has 1 heterocycles. The molecule has 1 fully saturated rings. The van der Waals surface area contributed by atoms with Crippen molar-refractivity contribution in [2.75, 3.05) is 20.8 Å². The number of carbonyl (C=O) groups is 2. The molecule has 23 heavy (non-hydrogen) atoms. The van der Waals surface area contributed by atoms with Crippen LogP contribution >= 0.6 is 0 Å². The second-order valence-corrected chi connectivity index (χ2v) is 5.96. The van der Waals surface area contributed by atoms with Gasteiger partial charge in [0, 0.05) is 6.07 Å². The molecule has 0 radical (unpaired) electrons. The van der Waals surface area contributed by atoms with E-state index in [4.69, 9.17) is 14.2 Å². The molecule has 2 rings (SSSR count). The predicted molar refractivity (Wildman–Crippen MR) is 84.8 cm³/mol. The van der Waals surface area contributed by atoms with E-state index >= 15 is 0 Å². The van der Waals surface area contributed by atoms with E-state index in [9.17, 15) is 9.59 Å². The van der Waals surface area contributed by atoms with Crippen molar-refractivity contribution in [2.24, 2.45) is 5.92 Å². The zero-order chi connectivity index (χ0) is 17.1. The molecular formula is C17H23NO5. The fourth-order valence-corrected chi connectivity index (χ4v) is 2.61. The number of cyclic esters (lactones) is 1. The quantitative estimate of drug-likeness (QED) is 0.834. The van der Waals surface area contributed by atoms with Crippen molar-refractivity contribution in [3.63, 3.8) is 0 Å². The van der Waals surface area contributed by atoms with Crippen LogP contribution in [0.4, 0.5) is 4.79 Å². The van der Waals surface area contributed by atoms with Gasteiger partial charge in [-0.15, -0.1) is 0 Å². The van der Waals surface area contributed by atoms with Crippen LogP contribution in [0, 0.1) is 5.92 Å². The molecule has 0 aromatic heterocycles. The Morgan fingerprint density at radius 2 is 1.74 bits per heavy atom. The molecule has 6 heteroatoms. The number of carbonyl (C=O) groups excluding carboxylic acids is 2. The molecule has 1 aliphatic heterocycles. The summed E-state index contributed by atoms with van der Waals surface area (Å²) in [7, 11) is 3.11. The molecular weight excluding hydrogens is 298 g/mol. The Morgan fingerprint density at radius 1 is 1.17 bits per heavy atom. The molecule has 0 aliphatic carbocycles. The summed E-state index contributed by atoms with van der Waals surface area (Å²) in [4.78, 5) is 26.0. The topological polar surface area (TPSA) is 65.1 Å². The summed E-state index contributed by atoms with van der Waals surface area (Å²) < 4.78 is 15.5. The number of imide groups is 1. The number of rotatable bonds is 5. The first-order valence-corrected chi connectivity index (χ1v) is 7.61. The van der Waals surface area contributed by atoms with E-state index in [1.54, 1.807) is 39.3 Å². The van der Waals surface area contributed by atoms with Gasteiger partial charge in [-0.25, -0.2) is 9.69 Å². The first-order valence-electron chi connectivity index (χ1n) is 7.61. The molecule has 1 aromatic carbocycles. The summed E-state index contributed by atoms with van der Waals surface area (Å²) in [6.45, 7) is 5.94. The Bertz CT molecular complexity index is 576. The van der Waals surface area contributed by atoms with E-state index in [1.165, 1.54) is 4.90 Å². The largest absolute Gasteiger partial charge is 0.497 e. The third kappa shape index (κ3) is 3.41. The van der Waals surface area contributed by atoms with Crippen LogP contribution in [0.2, 0.25) is 0 Å². The fourth-order valence-electron chi connectivity index (χ4n) is 2.61. The van der Waals surface area contributed by atoms with Crippen LogP contribution in [0.25, 0.3) is 0 Å². The first-order chi connectivity index (χ1) is 10.9. The highest BCUT2D eigenvalue weighted by Gasteiger charge is 2.41. The summed E-state index contributed by atoms with van der Waals surface area (Å²) in [5.74, 6) is 0.552. The molecule has 0 bridgehead atoms. The average Bonchev–Trinajstić information content (AvgIpc) is 2.94. The van der Waals surface area contributed by atoms with Crippen molar-refractivity contribution in [3.05, 3.63) is 23.8 Å². The van der Waals surface area contributed by atoms with Gasteiger partial charge >= 0.3 is 6.09 Å². The Labute approximate surface area is 136 Å². The van der Waals surface area contributed by atoms with Crippen LogP contribution in [0.1, 0.15) is 32.3 Å². The minimum Gasteiger partial charge on any atom is -0.497 e. The molecule has 1 aromatic rings. The van der Waals surface area contributed by atoms with Crippen molar-refractivity contribution in [1.82, 2.24) is 4.90 Å². The van der Waals surface area contributed by atoms with Crippen molar-refractivity contribution < 1.29 is 23.8 Å². The molecule has 0 N–H and O–H groups in total. The summed E-state index contributed by atoms with van der Waals surface area (Å²) in [5, 5.41) is 0. The van der Waals surface area contributed by atoms with Gasteiger partial charge in [-0.1, -0.05) is 13.8 Å². The van der Waals surface area contributed by atoms with Crippen molar-refractivity contribution >= 4 is 12.0 Å². The molecule has 0 spiro atoms. The summed E-state index contributed by atoms with van der Waals surface area (Å²) in [6.07, 6.45) is -0.574. The Balaban J connectivity index is 2.30. The van der Waals surface area contributed by atoms with Gasteiger partial charge in [-0.3, -0.25) is 4.79 Å². The second kappa shape index (κ2) is 6.89. The normalized spacial score (nSPS) is 18.8. The first kappa shape index (κ1) is 17.1. The maximum atomic E-state index is 12.8. The highest BCUT2D eigenvalue weighted by atomic mass is 16.6. The lowest BCUT2D eigenvalue weighted by Gasteiger charge is -2.25. The molecule has 1 saturated heterocycles. The number of nitrogens with zero attached hydrogens (tertiary/aromatic N) is 1. The lowest BCUT2D eigenvalue weighted by atomic mass is 9.97. The lowest BCUT2D eigenvalue weighted by Crippen LogP contribution is -2.43. The summed E-state index contributed by atoms with van der Waals surface area (Å²) >= 11 is 0. The third-order valence-corrected chi connectivity index (χ3v) is 4.16. The Hall–Kier alpha value is -2.24. The molecule has 6 nitrogen and oxygen atoms in total. The maximum Gasteiger partial charge on any atom is 0.417 e. The van der Waals surface area contributed by atoms with E-state index in [1.807, 2.05) is 13.8 Å². The SMILES string of the molecule is COc1cc(OC)cc(C(C)C(=O)N2C(=O)OC[C@@H]2C(C)C)c1. The highest BCUT2D eigenvalue weighted by Crippen LogP contribution is 2.30. The minimum atomic E-state index is -0.574. The minimum absolute atomic E-state index is 0.137.